The summed E-state index contributed by atoms with van der Waals surface area (Å²) < 4.78 is 30.2. The highest BCUT2D eigenvalue weighted by Crippen LogP contribution is 2.25. The lowest BCUT2D eigenvalue weighted by Gasteiger charge is -2.11. The average Bonchev–Trinajstić information content (AvgIpc) is 2.74. The molecule has 2 N–H and O–H groups in total. The van der Waals surface area contributed by atoms with E-state index in [0.29, 0.717) is 17.9 Å². The SMILES string of the molecule is Cc1cc(S(N)(=O)=O)c(C)cc1OCc1ccn(C)n1. The minimum Gasteiger partial charge on any atom is -0.487 e. The van der Waals surface area contributed by atoms with E-state index < -0.39 is 10.0 Å². The molecule has 1 heterocycles. The van der Waals surface area contributed by atoms with Crippen LogP contribution in [0.3, 0.4) is 0 Å². The summed E-state index contributed by atoms with van der Waals surface area (Å²) in [7, 11) is -1.87. The second-order valence-electron chi connectivity index (χ2n) is 4.70. The molecule has 1 aromatic carbocycles. The highest BCUT2D eigenvalue weighted by Gasteiger charge is 2.14. The average molecular weight is 295 g/mol. The Bertz CT molecular complexity index is 735. The van der Waals surface area contributed by atoms with Gasteiger partial charge in [0.1, 0.15) is 12.4 Å². The molecule has 20 heavy (non-hydrogen) atoms. The monoisotopic (exact) mass is 295 g/mol. The number of nitrogens with two attached hydrogens (primary N) is 1. The van der Waals surface area contributed by atoms with E-state index in [1.165, 1.54) is 6.07 Å². The Balaban J connectivity index is 2.23. The van der Waals surface area contributed by atoms with Crippen LogP contribution in [-0.2, 0) is 23.7 Å². The molecule has 0 spiro atoms. The first-order chi connectivity index (χ1) is 9.27. The van der Waals surface area contributed by atoms with Gasteiger partial charge >= 0.3 is 0 Å². The first-order valence-corrected chi connectivity index (χ1v) is 7.57. The van der Waals surface area contributed by atoms with Gasteiger partial charge in [-0.2, -0.15) is 5.10 Å². The first kappa shape index (κ1) is 14.5. The molecule has 0 aliphatic heterocycles. The Morgan fingerprint density at radius 3 is 2.55 bits per heavy atom. The van der Waals surface area contributed by atoms with Gasteiger partial charge in [0, 0.05) is 13.2 Å². The zero-order valence-corrected chi connectivity index (χ0v) is 12.4. The number of rotatable bonds is 4. The van der Waals surface area contributed by atoms with E-state index in [1.54, 1.807) is 24.6 Å². The molecular weight excluding hydrogens is 278 g/mol. The highest BCUT2D eigenvalue weighted by atomic mass is 32.2. The van der Waals surface area contributed by atoms with Gasteiger partial charge in [0.2, 0.25) is 10.0 Å². The zero-order valence-electron chi connectivity index (χ0n) is 11.6. The lowest BCUT2D eigenvalue weighted by molar-refractivity contribution is 0.297. The number of primary sulfonamides is 1. The molecule has 0 atom stereocenters. The van der Waals surface area contributed by atoms with Crippen molar-refractivity contribution < 1.29 is 13.2 Å². The summed E-state index contributed by atoms with van der Waals surface area (Å²) in [5.41, 5.74) is 2.09. The van der Waals surface area contributed by atoms with Crippen LogP contribution in [0.5, 0.6) is 5.75 Å². The van der Waals surface area contributed by atoms with Crippen molar-refractivity contribution in [1.82, 2.24) is 9.78 Å². The number of benzene rings is 1. The summed E-state index contributed by atoms with van der Waals surface area (Å²) in [5, 5.41) is 9.37. The van der Waals surface area contributed by atoms with E-state index >= 15 is 0 Å². The second kappa shape index (κ2) is 5.26. The lowest BCUT2D eigenvalue weighted by atomic mass is 10.1. The third kappa shape index (κ3) is 3.17. The Labute approximate surface area is 118 Å². The fraction of sp³-hybridized carbons (Fsp3) is 0.308. The van der Waals surface area contributed by atoms with Crippen LogP contribution in [0.1, 0.15) is 16.8 Å². The van der Waals surface area contributed by atoms with Gasteiger partial charge in [0.15, 0.2) is 0 Å². The maximum atomic E-state index is 11.4. The van der Waals surface area contributed by atoms with Crippen molar-refractivity contribution in [2.24, 2.45) is 12.2 Å². The van der Waals surface area contributed by atoms with Gasteiger partial charge < -0.3 is 4.74 Å². The minimum absolute atomic E-state index is 0.125. The quantitative estimate of drug-likeness (QED) is 0.920. The van der Waals surface area contributed by atoms with Crippen LogP contribution >= 0.6 is 0 Å². The normalized spacial score (nSPS) is 11.6. The lowest BCUT2D eigenvalue weighted by Crippen LogP contribution is -2.14. The molecule has 0 aliphatic carbocycles. The van der Waals surface area contributed by atoms with Crippen LogP contribution in [0.15, 0.2) is 29.3 Å². The largest absolute Gasteiger partial charge is 0.487 e. The van der Waals surface area contributed by atoms with Gasteiger partial charge in [0.25, 0.3) is 0 Å². The summed E-state index contributed by atoms with van der Waals surface area (Å²) in [5.74, 6) is 0.626. The van der Waals surface area contributed by atoms with Crippen molar-refractivity contribution >= 4 is 10.0 Å². The van der Waals surface area contributed by atoms with Crippen molar-refractivity contribution in [1.29, 1.82) is 0 Å². The molecule has 108 valence electrons. The molecule has 0 amide bonds. The van der Waals surface area contributed by atoms with E-state index in [-0.39, 0.29) is 4.90 Å². The number of aryl methyl sites for hydroxylation is 3. The van der Waals surface area contributed by atoms with Crippen LogP contribution in [0.2, 0.25) is 0 Å². The summed E-state index contributed by atoms with van der Waals surface area (Å²) in [6.45, 7) is 3.80. The summed E-state index contributed by atoms with van der Waals surface area (Å²) in [4.78, 5) is 0.125. The van der Waals surface area contributed by atoms with Crippen LogP contribution in [0.25, 0.3) is 0 Å². The predicted molar refractivity (Wildman–Crippen MR) is 74.8 cm³/mol. The Morgan fingerprint density at radius 1 is 1.30 bits per heavy atom. The standard InChI is InChI=1S/C13H17N3O3S/c1-9-7-13(20(14,17)18)10(2)6-12(9)19-8-11-4-5-16(3)15-11/h4-7H,8H2,1-3H3,(H2,14,17,18). The molecule has 2 rings (SSSR count). The maximum Gasteiger partial charge on any atom is 0.238 e. The summed E-state index contributed by atoms with van der Waals surface area (Å²) in [6, 6.07) is 5.07. The van der Waals surface area contributed by atoms with E-state index in [1.807, 2.05) is 19.3 Å². The number of aromatic nitrogens is 2. The second-order valence-corrected chi connectivity index (χ2v) is 6.23. The van der Waals surface area contributed by atoms with Crippen molar-refractivity contribution in [3.8, 4) is 5.75 Å². The summed E-state index contributed by atoms with van der Waals surface area (Å²) in [6.07, 6.45) is 1.83. The van der Waals surface area contributed by atoms with Gasteiger partial charge in [-0.05, 0) is 43.2 Å². The van der Waals surface area contributed by atoms with Gasteiger partial charge in [-0.1, -0.05) is 0 Å². The smallest absolute Gasteiger partial charge is 0.238 e. The number of nitrogens with zero attached hydrogens (tertiary/aromatic N) is 2. The molecule has 0 fully saturated rings. The molecule has 2 aromatic rings. The number of sulfonamides is 1. The Morgan fingerprint density at radius 2 is 2.00 bits per heavy atom. The fourth-order valence-corrected chi connectivity index (χ4v) is 2.77. The van der Waals surface area contributed by atoms with Crippen LogP contribution in [0.4, 0.5) is 0 Å². The first-order valence-electron chi connectivity index (χ1n) is 6.03. The molecule has 7 heteroatoms. The van der Waals surface area contributed by atoms with E-state index in [4.69, 9.17) is 9.88 Å². The zero-order chi connectivity index (χ0) is 14.9. The topological polar surface area (TPSA) is 87.2 Å². The molecule has 6 nitrogen and oxygen atoms in total. The maximum absolute atomic E-state index is 11.4. The molecule has 0 unspecified atom stereocenters. The van der Waals surface area contributed by atoms with E-state index in [2.05, 4.69) is 5.10 Å². The van der Waals surface area contributed by atoms with Crippen molar-refractivity contribution in [3.05, 3.63) is 41.2 Å². The number of ether oxygens (including phenoxy) is 1. The molecule has 0 saturated carbocycles. The Kier molecular flexibility index (Phi) is 3.82. The summed E-state index contributed by atoms with van der Waals surface area (Å²) >= 11 is 0. The highest BCUT2D eigenvalue weighted by molar-refractivity contribution is 7.89. The number of hydrogen-bond acceptors (Lipinski definition) is 4. The van der Waals surface area contributed by atoms with Gasteiger partial charge in [-0.25, -0.2) is 13.6 Å². The third-order valence-electron chi connectivity index (χ3n) is 2.92. The minimum atomic E-state index is -3.71. The molecule has 0 bridgehead atoms. The fourth-order valence-electron chi connectivity index (χ4n) is 1.92. The predicted octanol–water partition coefficient (Wildman–Crippen LogP) is 1.26. The molecule has 0 radical (unpaired) electrons. The van der Waals surface area contributed by atoms with Crippen molar-refractivity contribution in [2.45, 2.75) is 25.3 Å². The van der Waals surface area contributed by atoms with E-state index in [9.17, 15) is 8.42 Å². The third-order valence-corrected chi connectivity index (χ3v) is 3.98. The van der Waals surface area contributed by atoms with Crippen LogP contribution < -0.4 is 9.88 Å². The molecule has 0 aliphatic rings. The number of hydrogen-bond donors (Lipinski definition) is 1. The van der Waals surface area contributed by atoms with Gasteiger partial charge in [-0.15, -0.1) is 0 Å². The van der Waals surface area contributed by atoms with E-state index in [0.717, 1.165) is 11.3 Å². The van der Waals surface area contributed by atoms with Crippen LogP contribution in [0, 0.1) is 13.8 Å². The Hall–Kier alpha value is -1.86. The van der Waals surface area contributed by atoms with Crippen LogP contribution in [-0.4, -0.2) is 18.2 Å². The van der Waals surface area contributed by atoms with Gasteiger partial charge in [-0.3, -0.25) is 4.68 Å². The molecular formula is C13H17N3O3S. The van der Waals surface area contributed by atoms with Gasteiger partial charge in [0.05, 0.1) is 10.6 Å². The van der Waals surface area contributed by atoms with Crippen molar-refractivity contribution in [3.63, 3.8) is 0 Å². The molecule has 1 aromatic heterocycles. The molecule has 0 saturated heterocycles. The van der Waals surface area contributed by atoms with Crippen molar-refractivity contribution in [2.75, 3.05) is 0 Å².